The van der Waals surface area contributed by atoms with Crippen LogP contribution in [0.4, 0.5) is 13.2 Å². The number of fused-ring (bicyclic) bond motifs is 5. The maximum Gasteiger partial charge on any atom is 0.262 e. The van der Waals surface area contributed by atoms with Crippen molar-refractivity contribution in [1.82, 2.24) is 29.9 Å². The maximum atomic E-state index is 16.3. The molecule has 318 valence electrons. The highest BCUT2D eigenvalue weighted by atomic mass is 19.3. The van der Waals surface area contributed by atoms with Crippen LogP contribution in [-0.2, 0) is 33.9 Å². The number of carbonyl (C=O) groups excluding carboxylic acids is 5. The number of H-pyrrole nitrogens is 1. The number of para-hydroxylation sites is 1. The first kappa shape index (κ1) is 39.8. The Bertz CT molecular complexity index is 2430. The first-order valence-corrected chi connectivity index (χ1v) is 21.8. The van der Waals surface area contributed by atoms with E-state index in [1.54, 1.807) is 29.2 Å². The minimum atomic E-state index is -2.56. The van der Waals surface area contributed by atoms with E-state index in [0.717, 1.165) is 82.3 Å². The minimum Gasteiger partial charge on any atom is -0.357 e. The summed E-state index contributed by atoms with van der Waals surface area (Å²) in [5, 5.41) is 3.28. The average Bonchev–Trinajstić information content (AvgIpc) is 3.91. The van der Waals surface area contributed by atoms with Crippen molar-refractivity contribution in [2.75, 3.05) is 19.6 Å². The van der Waals surface area contributed by atoms with Crippen molar-refractivity contribution in [3.63, 3.8) is 0 Å². The van der Waals surface area contributed by atoms with Gasteiger partial charge in [-0.2, -0.15) is 0 Å². The van der Waals surface area contributed by atoms with Crippen molar-refractivity contribution in [3.05, 3.63) is 105 Å². The smallest absolute Gasteiger partial charge is 0.262 e. The lowest BCUT2D eigenvalue weighted by atomic mass is 9.77. The first-order chi connectivity index (χ1) is 29.4. The molecule has 0 radical (unpaired) electrons. The average molecular weight is 835 g/mol. The van der Waals surface area contributed by atoms with Gasteiger partial charge in [0.15, 0.2) is 0 Å². The van der Waals surface area contributed by atoms with E-state index >= 15 is 4.39 Å². The molecule has 10 rings (SSSR count). The lowest BCUT2D eigenvalue weighted by molar-refractivity contribution is -0.138. The fourth-order valence-electron chi connectivity index (χ4n) is 11.3. The molecule has 3 aromatic carbocycles. The number of hydrogen-bond donors (Lipinski definition) is 2. The predicted molar refractivity (Wildman–Crippen MR) is 219 cm³/mol. The zero-order valence-electron chi connectivity index (χ0n) is 34.1. The Labute approximate surface area is 351 Å². The number of aromatic amines is 1. The van der Waals surface area contributed by atoms with Crippen LogP contribution < -0.4 is 5.32 Å². The zero-order valence-corrected chi connectivity index (χ0v) is 34.1. The second kappa shape index (κ2) is 15.5. The van der Waals surface area contributed by atoms with Crippen molar-refractivity contribution in [2.24, 2.45) is 5.92 Å². The van der Waals surface area contributed by atoms with Crippen LogP contribution in [0.2, 0.25) is 0 Å². The van der Waals surface area contributed by atoms with E-state index < -0.39 is 54.5 Å². The largest absolute Gasteiger partial charge is 0.357 e. The summed E-state index contributed by atoms with van der Waals surface area (Å²) in [6.07, 6.45) is 2.84. The van der Waals surface area contributed by atoms with E-state index in [4.69, 9.17) is 0 Å². The standard InChI is InChI=1S/C47H49F3N6O5/c1-25-18-34-32-4-2-3-5-38(32)51-42(34)43(55(25)24-40(49)50)33-11-10-28(21-37(33)48)26-6-8-27(9-7-26)45(59)53-16-14-31(15-17-53)54-22-29-19-35-36(20-30(29)23-54)47(61)56(46(35)60)39-12-13-41(57)52-44(39)58/h2-5,10-11,19-21,25-27,31,39-40,43,51H,6-9,12-18,22-24H2,1H3,(H,52,57,58)/t25-,26?,27?,39?,43-/m1/s1. The number of alkyl halides is 2. The fourth-order valence-corrected chi connectivity index (χ4v) is 11.3. The lowest BCUT2D eigenvalue weighted by Gasteiger charge is -2.41. The van der Waals surface area contributed by atoms with Gasteiger partial charge in [0.2, 0.25) is 17.7 Å². The Balaban J connectivity index is 0.746. The third-order valence-electron chi connectivity index (χ3n) is 14.5. The summed E-state index contributed by atoms with van der Waals surface area (Å²) >= 11 is 0. The Morgan fingerprint density at radius 3 is 2.20 bits per heavy atom. The minimum absolute atomic E-state index is 0.0730. The number of benzene rings is 3. The SMILES string of the molecule is C[C@@H]1Cc2c([nH]c3ccccc23)[C@@H](c2ccc(C3CCC(C(=O)N4CCC(N5Cc6cc7c(cc6C5)C(=O)N(C5CCC(=O)NC5=O)C7=O)CC4)CC3)cc2F)N1CC(F)F. The molecule has 4 aromatic rings. The molecule has 14 heteroatoms. The van der Waals surface area contributed by atoms with Crippen LogP contribution in [0.1, 0.15) is 124 Å². The number of piperidine rings is 2. The van der Waals surface area contributed by atoms with Gasteiger partial charge in [-0.05, 0) is 111 Å². The summed E-state index contributed by atoms with van der Waals surface area (Å²) in [4.78, 5) is 75.2. The van der Waals surface area contributed by atoms with Gasteiger partial charge >= 0.3 is 0 Å². The summed E-state index contributed by atoms with van der Waals surface area (Å²) in [7, 11) is 0. The molecular weight excluding hydrogens is 786 g/mol. The maximum absolute atomic E-state index is 16.3. The quantitative estimate of drug-likeness (QED) is 0.202. The molecule has 2 saturated heterocycles. The van der Waals surface area contributed by atoms with Crippen molar-refractivity contribution in [3.8, 4) is 0 Å². The van der Waals surface area contributed by atoms with Crippen LogP contribution in [0.15, 0.2) is 54.6 Å². The van der Waals surface area contributed by atoms with Crippen molar-refractivity contribution >= 4 is 40.4 Å². The van der Waals surface area contributed by atoms with E-state index in [1.807, 2.05) is 42.2 Å². The molecule has 0 bridgehead atoms. The van der Waals surface area contributed by atoms with Crippen LogP contribution in [-0.4, -0.2) is 98.3 Å². The first-order valence-electron chi connectivity index (χ1n) is 21.8. The van der Waals surface area contributed by atoms with Gasteiger partial charge in [0.1, 0.15) is 11.9 Å². The molecule has 11 nitrogen and oxygen atoms in total. The fraction of sp³-hybridized carbons (Fsp3) is 0.468. The third kappa shape index (κ3) is 6.95. The molecule has 3 atom stereocenters. The van der Waals surface area contributed by atoms with Crippen molar-refractivity contribution in [1.29, 1.82) is 0 Å². The number of rotatable bonds is 7. The van der Waals surface area contributed by atoms with Gasteiger partial charge in [-0.15, -0.1) is 0 Å². The molecule has 5 amide bonds. The van der Waals surface area contributed by atoms with Crippen LogP contribution in [0, 0.1) is 11.7 Å². The monoisotopic (exact) mass is 834 g/mol. The highest BCUT2D eigenvalue weighted by Gasteiger charge is 2.46. The number of carbonyl (C=O) groups is 5. The molecule has 1 aromatic heterocycles. The molecule has 3 fully saturated rings. The lowest BCUT2D eigenvalue weighted by Crippen LogP contribution is -2.54. The summed E-state index contributed by atoms with van der Waals surface area (Å²) in [5.41, 5.74) is 6.58. The van der Waals surface area contributed by atoms with Gasteiger partial charge < -0.3 is 9.88 Å². The second-order valence-corrected chi connectivity index (χ2v) is 18.0. The number of nitrogens with one attached hydrogen (secondary N) is 2. The van der Waals surface area contributed by atoms with Crippen LogP contribution in [0.5, 0.6) is 0 Å². The number of nitrogens with zero attached hydrogens (tertiary/aromatic N) is 4. The Morgan fingerprint density at radius 1 is 0.852 bits per heavy atom. The van der Waals surface area contributed by atoms with Crippen LogP contribution >= 0.6 is 0 Å². The van der Waals surface area contributed by atoms with Gasteiger partial charge in [-0.1, -0.05) is 30.3 Å². The molecule has 6 heterocycles. The number of likely N-dealkylation sites (tertiary alicyclic amines) is 1. The van der Waals surface area contributed by atoms with E-state index in [1.165, 1.54) is 0 Å². The summed E-state index contributed by atoms with van der Waals surface area (Å²) in [6.45, 7) is 4.04. The zero-order chi connectivity index (χ0) is 42.3. The van der Waals surface area contributed by atoms with Gasteiger partial charge in [0.05, 0.1) is 23.7 Å². The number of aromatic nitrogens is 1. The van der Waals surface area contributed by atoms with Crippen molar-refractivity contribution in [2.45, 2.75) is 114 Å². The van der Waals surface area contributed by atoms with E-state index in [0.29, 0.717) is 49.3 Å². The van der Waals surface area contributed by atoms with Crippen molar-refractivity contribution < 1.29 is 37.1 Å². The Kier molecular flexibility index (Phi) is 10.1. The number of amides is 5. The molecule has 0 spiro atoms. The van der Waals surface area contributed by atoms with E-state index in [9.17, 15) is 32.8 Å². The van der Waals surface area contributed by atoms with Gasteiger partial charge in [0.25, 0.3) is 18.2 Å². The molecule has 1 aliphatic carbocycles. The number of imide groups is 2. The molecule has 1 unspecified atom stereocenters. The summed E-state index contributed by atoms with van der Waals surface area (Å²) in [6, 6.07) is 15.2. The molecule has 1 saturated carbocycles. The van der Waals surface area contributed by atoms with Crippen LogP contribution in [0.3, 0.4) is 0 Å². The highest BCUT2D eigenvalue weighted by Crippen LogP contribution is 2.44. The molecule has 2 N–H and O–H groups in total. The topological polar surface area (TPSA) is 126 Å². The second-order valence-electron chi connectivity index (χ2n) is 18.0. The third-order valence-corrected chi connectivity index (χ3v) is 14.5. The number of halogens is 3. The predicted octanol–water partition coefficient (Wildman–Crippen LogP) is 6.59. The normalized spacial score (nSPS) is 26.3. The summed E-state index contributed by atoms with van der Waals surface area (Å²) < 4.78 is 44.1. The van der Waals surface area contributed by atoms with Gasteiger partial charge in [-0.3, -0.25) is 44.0 Å². The molecule has 5 aliphatic heterocycles. The van der Waals surface area contributed by atoms with Gasteiger partial charge in [-0.25, -0.2) is 13.2 Å². The molecule has 6 aliphatic rings. The summed E-state index contributed by atoms with van der Waals surface area (Å²) in [5.74, 6) is -2.24. The molecule has 61 heavy (non-hydrogen) atoms. The highest BCUT2D eigenvalue weighted by molar-refractivity contribution is 6.23. The molecular formula is C47H49F3N6O5. The Hall–Kier alpha value is -5.34. The van der Waals surface area contributed by atoms with Gasteiger partial charge in [0, 0.05) is 72.8 Å². The Morgan fingerprint density at radius 2 is 1.54 bits per heavy atom. The van der Waals surface area contributed by atoms with E-state index in [2.05, 4.69) is 15.2 Å². The van der Waals surface area contributed by atoms with Crippen LogP contribution in [0.25, 0.3) is 10.9 Å². The van der Waals surface area contributed by atoms with E-state index in [-0.39, 0.29) is 42.7 Å². The number of hydrogen-bond acceptors (Lipinski definition) is 7.